The van der Waals surface area contributed by atoms with E-state index in [1.54, 1.807) is 0 Å². The molecule has 1 fully saturated rings. The van der Waals surface area contributed by atoms with Gasteiger partial charge in [-0.05, 0) is 56.4 Å². The lowest BCUT2D eigenvalue weighted by Gasteiger charge is -2.15. The minimum Gasteiger partial charge on any atom is -0.490 e. The Bertz CT molecular complexity index is 331. The average Bonchev–Trinajstić information content (AvgIpc) is 2.92. The highest BCUT2D eigenvalue weighted by molar-refractivity contribution is 5.47. The predicted molar refractivity (Wildman–Crippen MR) is 58.4 cm³/mol. The molecule has 1 aromatic rings. The van der Waals surface area contributed by atoms with Crippen LogP contribution < -0.4 is 10.5 Å². The molecule has 0 aromatic heterocycles. The lowest BCUT2D eigenvalue weighted by molar-refractivity contribution is 0.197. The molecule has 1 aromatic carbocycles. The van der Waals surface area contributed by atoms with Crippen molar-refractivity contribution in [2.24, 2.45) is 5.92 Å². The molecule has 0 heterocycles. The van der Waals surface area contributed by atoms with Gasteiger partial charge in [0.05, 0.1) is 6.10 Å². The third kappa shape index (κ3) is 2.00. The van der Waals surface area contributed by atoms with Crippen LogP contribution in [0.25, 0.3) is 0 Å². The highest BCUT2D eigenvalue weighted by Gasteiger charge is 2.29. The summed E-state index contributed by atoms with van der Waals surface area (Å²) >= 11 is 0. The quantitative estimate of drug-likeness (QED) is 0.745. The Morgan fingerprint density at radius 1 is 1.43 bits per heavy atom. The minimum absolute atomic E-state index is 0.345. The maximum atomic E-state index is 5.87. The Balaban J connectivity index is 2.07. The van der Waals surface area contributed by atoms with E-state index >= 15 is 0 Å². The maximum absolute atomic E-state index is 5.87. The van der Waals surface area contributed by atoms with Gasteiger partial charge < -0.3 is 10.5 Å². The van der Waals surface area contributed by atoms with E-state index in [2.05, 4.69) is 6.92 Å². The molecule has 2 heteroatoms. The third-order valence-electron chi connectivity index (χ3n) is 2.80. The van der Waals surface area contributed by atoms with Gasteiger partial charge in [-0.2, -0.15) is 0 Å². The monoisotopic (exact) mass is 191 g/mol. The fourth-order valence-corrected chi connectivity index (χ4v) is 1.67. The van der Waals surface area contributed by atoms with Gasteiger partial charge in [0.1, 0.15) is 5.75 Å². The second-order valence-electron chi connectivity index (χ2n) is 4.19. The number of hydrogen-bond donors (Lipinski definition) is 1. The van der Waals surface area contributed by atoms with Gasteiger partial charge in [0.25, 0.3) is 0 Å². The number of ether oxygens (including phenoxy) is 1. The normalized spacial score (nSPS) is 17.9. The van der Waals surface area contributed by atoms with Gasteiger partial charge in [0, 0.05) is 5.69 Å². The van der Waals surface area contributed by atoms with Gasteiger partial charge in [0.2, 0.25) is 0 Å². The molecule has 1 atom stereocenters. The summed E-state index contributed by atoms with van der Waals surface area (Å²) in [6.45, 7) is 4.18. The van der Waals surface area contributed by atoms with E-state index in [4.69, 9.17) is 10.5 Å². The number of nitrogens with two attached hydrogens (primary N) is 1. The lowest BCUT2D eigenvalue weighted by Crippen LogP contribution is -2.14. The first-order valence-corrected chi connectivity index (χ1v) is 5.19. The van der Waals surface area contributed by atoms with Crippen LogP contribution in [-0.4, -0.2) is 6.10 Å². The summed E-state index contributed by atoms with van der Waals surface area (Å²) in [7, 11) is 0. The number of rotatable bonds is 3. The fourth-order valence-electron chi connectivity index (χ4n) is 1.67. The highest BCUT2D eigenvalue weighted by atomic mass is 16.5. The average molecular weight is 191 g/mol. The topological polar surface area (TPSA) is 35.2 Å². The third-order valence-corrected chi connectivity index (χ3v) is 2.80. The van der Waals surface area contributed by atoms with Crippen LogP contribution >= 0.6 is 0 Å². The van der Waals surface area contributed by atoms with Crippen LogP contribution in [0.2, 0.25) is 0 Å². The number of hydrogen-bond acceptors (Lipinski definition) is 2. The van der Waals surface area contributed by atoms with Gasteiger partial charge in [-0.25, -0.2) is 0 Å². The van der Waals surface area contributed by atoms with Crippen LogP contribution in [0.3, 0.4) is 0 Å². The minimum atomic E-state index is 0.345. The largest absolute Gasteiger partial charge is 0.490 e. The van der Waals surface area contributed by atoms with E-state index in [0.717, 1.165) is 22.9 Å². The number of benzene rings is 1. The summed E-state index contributed by atoms with van der Waals surface area (Å²) < 4.78 is 5.87. The van der Waals surface area contributed by atoms with Crippen molar-refractivity contribution in [3.63, 3.8) is 0 Å². The van der Waals surface area contributed by atoms with Gasteiger partial charge in [-0.15, -0.1) is 0 Å². The van der Waals surface area contributed by atoms with E-state index in [1.807, 2.05) is 25.1 Å². The molecule has 0 radical (unpaired) electrons. The predicted octanol–water partition coefficient (Wildman–Crippen LogP) is 2.75. The second kappa shape index (κ2) is 3.52. The van der Waals surface area contributed by atoms with E-state index < -0.39 is 0 Å². The van der Waals surface area contributed by atoms with Crippen molar-refractivity contribution >= 4 is 5.69 Å². The smallest absolute Gasteiger partial charge is 0.122 e. The summed E-state index contributed by atoms with van der Waals surface area (Å²) in [5.41, 5.74) is 7.60. The Labute approximate surface area is 85.1 Å². The van der Waals surface area contributed by atoms with E-state index in [9.17, 15) is 0 Å². The highest BCUT2D eigenvalue weighted by Crippen LogP contribution is 2.35. The summed E-state index contributed by atoms with van der Waals surface area (Å²) in [6, 6.07) is 5.81. The molecule has 2 nitrogen and oxygen atoms in total. The molecule has 1 unspecified atom stereocenters. The molecule has 1 saturated carbocycles. The Hall–Kier alpha value is -1.18. The zero-order valence-electron chi connectivity index (χ0n) is 8.79. The zero-order chi connectivity index (χ0) is 10.1. The first-order valence-electron chi connectivity index (χ1n) is 5.19. The molecule has 0 amide bonds. The van der Waals surface area contributed by atoms with Gasteiger partial charge >= 0.3 is 0 Å². The molecular weight excluding hydrogens is 174 g/mol. The Kier molecular flexibility index (Phi) is 2.36. The second-order valence-corrected chi connectivity index (χ2v) is 4.19. The molecule has 2 rings (SSSR count). The SMILES string of the molecule is Cc1cc(N)ccc1OC(C)C1CC1. The Morgan fingerprint density at radius 3 is 2.71 bits per heavy atom. The van der Waals surface area contributed by atoms with Gasteiger partial charge in [-0.3, -0.25) is 0 Å². The van der Waals surface area contributed by atoms with Crippen LogP contribution in [0.15, 0.2) is 18.2 Å². The van der Waals surface area contributed by atoms with E-state index in [-0.39, 0.29) is 0 Å². The molecule has 14 heavy (non-hydrogen) atoms. The van der Waals surface area contributed by atoms with E-state index in [0.29, 0.717) is 6.10 Å². The van der Waals surface area contributed by atoms with Crippen LogP contribution in [0.4, 0.5) is 5.69 Å². The number of nitrogen functional groups attached to an aromatic ring is 1. The van der Waals surface area contributed by atoms with Crippen LogP contribution in [0, 0.1) is 12.8 Å². The zero-order valence-corrected chi connectivity index (χ0v) is 8.79. The summed E-state index contributed by atoms with van der Waals surface area (Å²) in [5, 5.41) is 0. The molecule has 0 saturated heterocycles. The Morgan fingerprint density at radius 2 is 2.14 bits per heavy atom. The van der Waals surface area contributed by atoms with Crippen molar-refractivity contribution in [1.82, 2.24) is 0 Å². The summed E-state index contributed by atoms with van der Waals surface area (Å²) in [5.74, 6) is 1.74. The van der Waals surface area contributed by atoms with Crippen molar-refractivity contribution < 1.29 is 4.74 Å². The van der Waals surface area contributed by atoms with Gasteiger partial charge in [0.15, 0.2) is 0 Å². The summed E-state index contributed by atoms with van der Waals surface area (Å²) in [6.07, 6.45) is 2.97. The van der Waals surface area contributed by atoms with Crippen molar-refractivity contribution in [2.75, 3.05) is 5.73 Å². The number of anilines is 1. The molecule has 0 aliphatic heterocycles. The van der Waals surface area contributed by atoms with E-state index in [1.165, 1.54) is 12.8 Å². The molecule has 2 N–H and O–H groups in total. The lowest BCUT2D eigenvalue weighted by atomic mass is 10.2. The fraction of sp³-hybridized carbons (Fsp3) is 0.500. The molecule has 1 aliphatic rings. The maximum Gasteiger partial charge on any atom is 0.122 e. The first-order chi connectivity index (χ1) is 6.66. The van der Waals surface area contributed by atoms with Crippen molar-refractivity contribution in [1.29, 1.82) is 0 Å². The molecule has 76 valence electrons. The van der Waals surface area contributed by atoms with Gasteiger partial charge in [-0.1, -0.05) is 0 Å². The molecule has 0 spiro atoms. The first kappa shape index (κ1) is 9.38. The summed E-state index contributed by atoms with van der Waals surface area (Å²) in [4.78, 5) is 0. The number of aryl methyl sites for hydroxylation is 1. The molecule has 1 aliphatic carbocycles. The standard InChI is InChI=1S/C12H17NO/c1-8-7-11(13)5-6-12(8)14-9(2)10-3-4-10/h5-7,9-10H,3-4,13H2,1-2H3. The van der Waals surface area contributed by atoms with Crippen molar-refractivity contribution in [2.45, 2.75) is 32.8 Å². The van der Waals surface area contributed by atoms with Crippen LogP contribution in [-0.2, 0) is 0 Å². The molecular formula is C12H17NO. The molecule has 0 bridgehead atoms. The van der Waals surface area contributed by atoms with Crippen LogP contribution in [0.1, 0.15) is 25.3 Å². The van der Waals surface area contributed by atoms with Crippen molar-refractivity contribution in [3.8, 4) is 5.75 Å². The van der Waals surface area contributed by atoms with Crippen LogP contribution in [0.5, 0.6) is 5.75 Å². The van der Waals surface area contributed by atoms with Crippen molar-refractivity contribution in [3.05, 3.63) is 23.8 Å².